The van der Waals surface area contributed by atoms with Gasteiger partial charge in [-0.1, -0.05) is 42.5 Å². The van der Waals surface area contributed by atoms with E-state index < -0.39 is 0 Å². The summed E-state index contributed by atoms with van der Waals surface area (Å²) in [4.78, 5) is 15.0. The number of benzene rings is 2. The van der Waals surface area contributed by atoms with Crippen LogP contribution in [0.2, 0.25) is 0 Å². The quantitative estimate of drug-likeness (QED) is 0.710. The van der Waals surface area contributed by atoms with Gasteiger partial charge in [-0.2, -0.15) is 0 Å². The Kier molecular flexibility index (Phi) is 5.19. The van der Waals surface area contributed by atoms with Crippen LogP contribution < -0.4 is 10.1 Å². The van der Waals surface area contributed by atoms with Crippen molar-refractivity contribution in [2.45, 2.75) is 19.9 Å². The van der Waals surface area contributed by atoms with E-state index >= 15 is 0 Å². The lowest BCUT2D eigenvalue weighted by molar-refractivity contribution is 0.0943. The zero-order valence-corrected chi connectivity index (χ0v) is 15.4. The van der Waals surface area contributed by atoms with Gasteiger partial charge in [-0.3, -0.25) is 4.79 Å². The summed E-state index contributed by atoms with van der Waals surface area (Å²) in [6.07, 6.45) is 0. The number of thiophene rings is 1. The van der Waals surface area contributed by atoms with E-state index in [9.17, 15) is 4.79 Å². The number of hydrogen-bond donors (Lipinski definition) is 1. The van der Waals surface area contributed by atoms with E-state index in [1.807, 2.05) is 74.5 Å². The first-order chi connectivity index (χ1) is 12.1. The van der Waals surface area contributed by atoms with Crippen LogP contribution in [0.1, 0.15) is 37.3 Å². The molecule has 1 aromatic heterocycles. The number of carbonyl (C=O) groups is 1. The third-order valence-electron chi connectivity index (χ3n) is 4.14. The van der Waals surface area contributed by atoms with Crippen LogP contribution in [0, 0.1) is 13.8 Å². The van der Waals surface area contributed by atoms with Crippen molar-refractivity contribution in [1.82, 2.24) is 5.32 Å². The summed E-state index contributed by atoms with van der Waals surface area (Å²) in [5.41, 5.74) is 2.81. The van der Waals surface area contributed by atoms with Gasteiger partial charge in [-0.25, -0.2) is 0 Å². The van der Waals surface area contributed by atoms with Crippen LogP contribution >= 0.6 is 11.3 Å². The number of nitrogens with one attached hydrogen (secondary N) is 1. The molecule has 0 aliphatic rings. The molecule has 0 spiro atoms. The molecule has 2 aromatic carbocycles. The number of amides is 1. The van der Waals surface area contributed by atoms with Crippen LogP contribution in [0.25, 0.3) is 0 Å². The fourth-order valence-corrected chi connectivity index (χ4v) is 3.79. The first-order valence-electron chi connectivity index (χ1n) is 8.15. The summed E-state index contributed by atoms with van der Waals surface area (Å²) in [5.74, 6) is 0.748. The Labute approximate surface area is 152 Å². The molecular formula is C21H21NO2S. The molecule has 1 atom stereocenters. The van der Waals surface area contributed by atoms with E-state index in [0.29, 0.717) is 0 Å². The van der Waals surface area contributed by atoms with Gasteiger partial charge in [0.1, 0.15) is 5.75 Å². The maximum atomic E-state index is 12.8. The average Bonchev–Trinajstić information content (AvgIpc) is 2.99. The van der Waals surface area contributed by atoms with Crippen LogP contribution in [-0.4, -0.2) is 13.0 Å². The minimum atomic E-state index is -0.209. The molecule has 0 fully saturated rings. The lowest BCUT2D eigenvalue weighted by atomic mass is 9.98. The highest BCUT2D eigenvalue weighted by Gasteiger charge is 2.20. The molecule has 0 radical (unpaired) electrons. The molecule has 1 N–H and O–H groups in total. The first kappa shape index (κ1) is 17.2. The molecule has 25 heavy (non-hydrogen) atoms. The molecule has 128 valence electrons. The van der Waals surface area contributed by atoms with Crippen LogP contribution in [0.15, 0.2) is 60.7 Å². The average molecular weight is 351 g/mol. The lowest BCUT2D eigenvalue weighted by Gasteiger charge is -2.20. The minimum Gasteiger partial charge on any atom is -0.497 e. The van der Waals surface area contributed by atoms with Crippen LogP contribution in [0.3, 0.4) is 0 Å². The summed E-state index contributed by atoms with van der Waals surface area (Å²) < 4.78 is 5.24. The Bertz CT molecular complexity index is 853. The van der Waals surface area contributed by atoms with Gasteiger partial charge in [-0.05, 0) is 43.2 Å². The van der Waals surface area contributed by atoms with Gasteiger partial charge in [0.05, 0.1) is 18.7 Å². The molecule has 0 saturated heterocycles. The minimum absolute atomic E-state index is 0.0495. The Balaban J connectivity index is 1.93. The van der Waals surface area contributed by atoms with Crippen LogP contribution in [-0.2, 0) is 0 Å². The third-order valence-corrected chi connectivity index (χ3v) is 5.11. The van der Waals surface area contributed by atoms with Crippen molar-refractivity contribution >= 4 is 17.2 Å². The molecule has 0 aliphatic heterocycles. The number of carbonyl (C=O) groups excluding carboxylic acids is 1. The van der Waals surface area contributed by atoms with Crippen molar-refractivity contribution < 1.29 is 9.53 Å². The van der Waals surface area contributed by atoms with E-state index in [-0.39, 0.29) is 11.9 Å². The Hall–Kier alpha value is -2.59. The summed E-state index contributed by atoms with van der Waals surface area (Å²) in [7, 11) is 1.65. The van der Waals surface area contributed by atoms with Gasteiger partial charge in [0, 0.05) is 9.75 Å². The van der Waals surface area contributed by atoms with Gasteiger partial charge in [0.15, 0.2) is 0 Å². The molecule has 0 bridgehead atoms. The fraction of sp³-hybridized carbons (Fsp3) is 0.190. The van der Waals surface area contributed by atoms with Crippen molar-refractivity contribution in [2.24, 2.45) is 0 Å². The largest absolute Gasteiger partial charge is 0.497 e. The highest BCUT2D eigenvalue weighted by molar-refractivity contribution is 7.12. The van der Waals surface area contributed by atoms with E-state index in [0.717, 1.165) is 32.2 Å². The fourth-order valence-electron chi connectivity index (χ4n) is 2.87. The van der Waals surface area contributed by atoms with Crippen LogP contribution in [0.4, 0.5) is 0 Å². The molecule has 3 rings (SSSR count). The van der Waals surface area contributed by atoms with Gasteiger partial charge in [0.2, 0.25) is 0 Å². The summed E-state index contributed by atoms with van der Waals surface area (Å²) in [5, 5.41) is 3.18. The summed E-state index contributed by atoms with van der Waals surface area (Å²) in [6.45, 7) is 4.00. The molecule has 1 amide bonds. The molecular weight excluding hydrogens is 330 g/mol. The number of ether oxygens (including phenoxy) is 1. The SMILES string of the molecule is COc1ccc(C(NC(=O)c2cc(C)sc2C)c2ccccc2)cc1. The molecule has 1 unspecified atom stereocenters. The normalized spacial score (nSPS) is 11.8. The van der Waals surface area contributed by atoms with E-state index in [1.165, 1.54) is 0 Å². The van der Waals surface area contributed by atoms with E-state index in [4.69, 9.17) is 4.74 Å². The Morgan fingerprint density at radius 2 is 1.64 bits per heavy atom. The second-order valence-corrected chi connectivity index (χ2v) is 7.38. The van der Waals surface area contributed by atoms with Crippen LogP contribution in [0.5, 0.6) is 5.75 Å². The van der Waals surface area contributed by atoms with Gasteiger partial charge < -0.3 is 10.1 Å². The van der Waals surface area contributed by atoms with Crippen molar-refractivity contribution in [3.05, 3.63) is 87.1 Å². The Morgan fingerprint density at radius 1 is 1.00 bits per heavy atom. The monoisotopic (exact) mass is 351 g/mol. The second-order valence-electron chi connectivity index (χ2n) is 5.92. The summed E-state index contributed by atoms with van der Waals surface area (Å²) >= 11 is 1.64. The smallest absolute Gasteiger partial charge is 0.253 e. The van der Waals surface area contributed by atoms with Crippen molar-refractivity contribution in [2.75, 3.05) is 7.11 Å². The van der Waals surface area contributed by atoms with E-state index in [1.54, 1.807) is 18.4 Å². The predicted octanol–water partition coefficient (Wildman–Crippen LogP) is 4.89. The molecule has 3 nitrogen and oxygen atoms in total. The zero-order valence-electron chi connectivity index (χ0n) is 14.6. The molecule has 0 saturated carbocycles. The number of rotatable bonds is 5. The van der Waals surface area contributed by atoms with Crippen molar-refractivity contribution in [3.8, 4) is 5.75 Å². The van der Waals surface area contributed by atoms with Gasteiger partial charge in [0.25, 0.3) is 5.91 Å². The number of hydrogen-bond acceptors (Lipinski definition) is 3. The van der Waals surface area contributed by atoms with Crippen molar-refractivity contribution in [1.29, 1.82) is 0 Å². The molecule has 4 heteroatoms. The third kappa shape index (κ3) is 3.91. The van der Waals surface area contributed by atoms with Crippen molar-refractivity contribution in [3.63, 3.8) is 0 Å². The van der Waals surface area contributed by atoms with Gasteiger partial charge >= 0.3 is 0 Å². The lowest BCUT2D eigenvalue weighted by Crippen LogP contribution is -2.29. The standard InChI is InChI=1S/C21H21NO2S/c1-14-13-19(15(2)25-14)21(23)22-20(16-7-5-4-6-8-16)17-9-11-18(24-3)12-10-17/h4-13,20H,1-3H3,(H,22,23). The first-order valence-corrected chi connectivity index (χ1v) is 8.97. The molecule has 0 aliphatic carbocycles. The highest BCUT2D eigenvalue weighted by Crippen LogP contribution is 2.26. The zero-order chi connectivity index (χ0) is 17.8. The molecule has 1 heterocycles. The van der Waals surface area contributed by atoms with E-state index in [2.05, 4.69) is 5.32 Å². The number of methoxy groups -OCH3 is 1. The predicted molar refractivity (Wildman–Crippen MR) is 103 cm³/mol. The highest BCUT2D eigenvalue weighted by atomic mass is 32.1. The maximum absolute atomic E-state index is 12.8. The number of aryl methyl sites for hydroxylation is 2. The summed E-state index contributed by atoms with van der Waals surface area (Å²) in [6, 6.07) is 19.5. The maximum Gasteiger partial charge on any atom is 0.253 e. The second kappa shape index (κ2) is 7.53. The topological polar surface area (TPSA) is 38.3 Å². The molecule has 3 aromatic rings. The van der Waals surface area contributed by atoms with Gasteiger partial charge in [-0.15, -0.1) is 11.3 Å². The Morgan fingerprint density at radius 3 is 2.20 bits per heavy atom.